The van der Waals surface area contributed by atoms with Crippen LogP contribution in [-0.4, -0.2) is 14.5 Å². The lowest BCUT2D eigenvalue weighted by atomic mass is 10.1. The summed E-state index contributed by atoms with van der Waals surface area (Å²) in [4.78, 5) is 8.70. The van der Waals surface area contributed by atoms with Crippen LogP contribution in [0.15, 0.2) is 36.9 Å². The molecular weight excluding hydrogens is 250 g/mol. The number of pyridine rings is 1. The lowest BCUT2D eigenvalue weighted by Crippen LogP contribution is -2.32. The highest BCUT2D eigenvalue weighted by Crippen LogP contribution is 2.30. The van der Waals surface area contributed by atoms with Gasteiger partial charge >= 0.3 is 5.95 Å². The zero-order valence-electron chi connectivity index (χ0n) is 11.9. The molecule has 0 aromatic carbocycles. The maximum Gasteiger partial charge on any atom is 0.389 e. The Balaban J connectivity index is 2.28. The van der Waals surface area contributed by atoms with Crippen molar-refractivity contribution in [2.75, 3.05) is 5.73 Å². The second kappa shape index (κ2) is 4.59. The smallest absolute Gasteiger partial charge is 0.343 e. The van der Waals surface area contributed by atoms with Crippen LogP contribution in [-0.2, 0) is 7.05 Å². The van der Waals surface area contributed by atoms with Crippen LogP contribution in [0.2, 0.25) is 0 Å². The third-order valence-corrected chi connectivity index (χ3v) is 3.52. The van der Waals surface area contributed by atoms with E-state index in [1.165, 1.54) is 0 Å². The normalized spacial score (nSPS) is 11.4. The molecule has 0 aliphatic carbocycles. The zero-order chi connectivity index (χ0) is 14.3. The monoisotopic (exact) mass is 268 g/mol. The van der Waals surface area contributed by atoms with Gasteiger partial charge in [0.05, 0.1) is 25.0 Å². The number of nitrogen functional groups attached to an aromatic ring is 1. The van der Waals surface area contributed by atoms with Crippen molar-refractivity contribution in [2.45, 2.75) is 19.9 Å². The highest BCUT2D eigenvalue weighted by atomic mass is 15.1. The molecule has 0 saturated carbocycles. The van der Waals surface area contributed by atoms with Crippen LogP contribution in [0, 0.1) is 0 Å². The van der Waals surface area contributed by atoms with E-state index in [0.717, 1.165) is 22.2 Å². The zero-order valence-corrected chi connectivity index (χ0v) is 11.9. The number of rotatable bonds is 2. The first-order chi connectivity index (χ1) is 9.58. The highest BCUT2D eigenvalue weighted by Gasteiger charge is 2.16. The summed E-state index contributed by atoms with van der Waals surface area (Å²) >= 11 is 0. The number of hydrogen-bond donors (Lipinski definition) is 1. The molecule has 0 atom stereocenters. The van der Waals surface area contributed by atoms with Crippen molar-refractivity contribution in [1.82, 2.24) is 14.5 Å². The average molecular weight is 268 g/mol. The molecule has 102 valence electrons. The largest absolute Gasteiger partial charge is 0.389 e. The number of fused-ring (bicyclic) bond motifs is 1. The summed E-state index contributed by atoms with van der Waals surface area (Å²) in [7, 11) is 1.88. The number of anilines is 1. The van der Waals surface area contributed by atoms with Crippen LogP contribution in [0.1, 0.15) is 19.9 Å². The molecule has 3 aromatic rings. The van der Waals surface area contributed by atoms with E-state index in [0.29, 0.717) is 12.0 Å². The molecule has 0 aliphatic rings. The van der Waals surface area contributed by atoms with E-state index in [-0.39, 0.29) is 0 Å². The van der Waals surface area contributed by atoms with Crippen molar-refractivity contribution < 1.29 is 4.57 Å². The molecule has 20 heavy (non-hydrogen) atoms. The van der Waals surface area contributed by atoms with Gasteiger partial charge in [-0.2, -0.15) is 0 Å². The van der Waals surface area contributed by atoms with E-state index in [1.807, 2.05) is 37.8 Å². The fourth-order valence-corrected chi connectivity index (χ4v) is 2.38. The topological polar surface area (TPSA) is 60.6 Å². The van der Waals surface area contributed by atoms with E-state index in [1.54, 1.807) is 4.57 Å². The fourth-order valence-electron chi connectivity index (χ4n) is 2.38. The first kappa shape index (κ1) is 12.6. The minimum atomic E-state index is 0.368. The maximum absolute atomic E-state index is 5.90. The molecule has 0 spiro atoms. The van der Waals surface area contributed by atoms with Gasteiger partial charge < -0.3 is 4.57 Å². The van der Waals surface area contributed by atoms with E-state index >= 15 is 0 Å². The lowest BCUT2D eigenvalue weighted by molar-refractivity contribution is -0.659. The lowest BCUT2D eigenvalue weighted by Gasteiger charge is -2.07. The Hall–Kier alpha value is -2.43. The summed E-state index contributed by atoms with van der Waals surface area (Å²) in [6.45, 7) is 4.31. The summed E-state index contributed by atoms with van der Waals surface area (Å²) < 4.78 is 4.01. The number of hydrogen-bond acceptors (Lipinski definition) is 3. The summed E-state index contributed by atoms with van der Waals surface area (Å²) in [6.07, 6.45) is 7.75. The molecule has 0 amide bonds. The third kappa shape index (κ3) is 1.91. The van der Waals surface area contributed by atoms with Crippen LogP contribution in [0.25, 0.3) is 22.2 Å². The molecule has 0 saturated heterocycles. The van der Waals surface area contributed by atoms with Gasteiger partial charge in [-0.3, -0.25) is 10.7 Å². The van der Waals surface area contributed by atoms with Crippen LogP contribution in [0.5, 0.6) is 0 Å². The maximum atomic E-state index is 5.90. The Morgan fingerprint density at radius 1 is 1.30 bits per heavy atom. The average Bonchev–Trinajstić information content (AvgIpc) is 2.82. The molecule has 0 aliphatic heterocycles. The standard InChI is InChI=1S/C15H17N5/c1-10(2)20-9-12(11-4-6-17-8-14(11)20)13-5-7-19(3)15(16)18-13/h4-10,16H,1-3H3/p+1. The van der Waals surface area contributed by atoms with Crippen LogP contribution in [0.3, 0.4) is 0 Å². The minimum Gasteiger partial charge on any atom is -0.343 e. The Morgan fingerprint density at radius 3 is 2.80 bits per heavy atom. The molecule has 3 aromatic heterocycles. The molecule has 0 radical (unpaired) electrons. The van der Waals surface area contributed by atoms with Crippen molar-refractivity contribution in [2.24, 2.45) is 7.05 Å². The Bertz CT molecular complexity index is 773. The Morgan fingerprint density at radius 2 is 2.10 bits per heavy atom. The van der Waals surface area contributed by atoms with Gasteiger partial charge in [-0.05, 0) is 19.9 Å². The van der Waals surface area contributed by atoms with Gasteiger partial charge in [-0.15, -0.1) is 0 Å². The molecule has 2 N–H and O–H groups in total. The highest BCUT2D eigenvalue weighted by molar-refractivity contribution is 5.94. The molecule has 3 heterocycles. The molecular formula is C15H18N5+. The predicted octanol–water partition coefficient (Wildman–Crippen LogP) is 2.09. The van der Waals surface area contributed by atoms with Gasteiger partial charge in [0.2, 0.25) is 0 Å². The second-order valence-corrected chi connectivity index (χ2v) is 5.22. The summed E-state index contributed by atoms with van der Waals surface area (Å²) in [5, 5.41) is 1.15. The minimum absolute atomic E-state index is 0.368. The van der Waals surface area contributed by atoms with Crippen LogP contribution < -0.4 is 10.3 Å². The molecule has 5 nitrogen and oxygen atoms in total. The van der Waals surface area contributed by atoms with Crippen LogP contribution >= 0.6 is 0 Å². The van der Waals surface area contributed by atoms with Crippen molar-refractivity contribution in [3.63, 3.8) is 0 Å². The second-order valence-electron chi connectivity index (χ2n) is 5.22. The van der Waals surface area contributed by atoms with Gasteiger partial charge in [-0.25, -0.2) is 4.57 Å². The van der Waals surface area contributed by atoms with E-state index in [2.05, 4.69) is 34.6 Å². The first-order valence-corrected chi connectivity index (χ1v) is 6.65. The molecule has 0 fully saturated rings. The summed E-state index contributed by atoms with van der Waals surface area (Å²) in [6, 6.07) is 4.37. The third-order valence-electron chi connectivity index (χ3n) is 3.52. The van der Waals surface area contributed by atoms with Gasteiger partial charge in [0.15, 0.2) is 5.69 Å². The fraction of sp³-hybridized carbons (Fsp3) is 0.267. The predicted molar refractivity (Wildman–Crippen MR) is 78.9 cm³/mol. The van der Waals surface area contributed by atoms with Crippen LogP contribution in [0.4, 0.5) is 5.95 Å². The molecule has 0 bridgehead atoms. The quantitative estimate of drug-likeness (QED) is 0.724. The summed E-state index contributed by atoms with van der Waals surface area (Å²) in [5.74, 6) is 0.502. The Labute approximate surface area is 117 Å². The van der Waals surface area contributed by atoms with Crippen molar-refractivity contribution in [1.29, 1.82) is 0 Å². The van der Waals surface area contributed by atoms with Gasteiger partial charge in [0.25, 0.3) is 0 Å². The molecule has 5 heteroatoms. The molecule has 3 rings (SSSR count). The van der Waals surface area contributed by atoms with Crippen molar-refractivity contribution in [3.05, 3.63) is 36.9 Å². The Kier molecular flexibility index (Phi) is 2.89. The van der Waals surface area contributed by atoms with E-state index in [4.69, 9.17) is 5.73 Å². The molecule has 0 unspecified atom stereocenters. The first-order valence-electron chi connectivity index (χ1n) is 6.65. The SMILES string of the molecule is CC(C)n1cc(-c2cc[n+](C)c(N)n2)c2ccncc21. The van der Waals surface area contributed by atoms with Gasteiger partial charge in [0, 0.05) is 35.5 Å². The van der Waals surface area contributed by atoms with Crippen molar-refractivity contribution >= 4 is 16.9 Å². The van der Waals surface area contributed by atoms with Crippen molar-refractivity contribution in [3.8, 4) is 11.3 Å². The number of nitrogens with two attached hydrogens (primary N) is 1. The summed E-state index contributed by atoms with van der Waals surface area (Å²) in [5.41, 5.74) is 8.99. The van der Waals surface area contributed by atoms with E-state index in [9.17, 15) is 0 Å². The van der Waals surface area contributed by atoms with Gasteiger partial charge in [-0.1, -0.05) is 4.98 Å². The number of aromatic nitrogens is 4. The number of aryl methyl sites for hydroxylation is 1. The van der Waals surface area contributed by atoms with Gasteiger partial charge in [0.1, 0.15) is 0 Å². The number of nitrogens with zero attached hydrogens (tertiary/aromatic N) is 4. The van der Waals surface area contributed by atoms with E-state index < -0.39 is 0 Å².